The number of aromatic hydroxyl groups is 1. The van der Waals surface area contributed by atoms with Crippen molar-refractivity contribution in [1.82, 2.24) is 0 Å². The van der Waals surface area contributed by atoms with Crippen molar-refractivity contribution in [2.75, 3.05) is 5.32 Å². The van der Waals surface area contributed by atoms with E-state index in [0.717, 1.165) is 6.07 Å². The average molecular weight is 274 g/mol. The number of non-ortho nitro benzene ring substituents is 1. The predicted molar refractivity (Wildman–Crippen MR) is 75.7 cm³/mol. The molecule has 0 heterocycles. The van der Waals surface area contributed by atoms with E-state index in [9.17, 15) is 20.0 Å². The molecule has 0 unspecified atom stereocenters. The van der Waals surface area contributed by atoms with Gasteiger partial charge >= 0.3 is 0 Å². The first-order chi connectivity index (χ1) is 9.38. The van der Waals surface area contributed by atoms with Gasteiger partial charge in [0.15, 0.2) is 0 Å². The lowest BCUT2D eigenvalue weighted by atomic mass is 10.1. The summed E-state index contributed by atoms with van der Waals surface area (Å²) in [6.07, 6.45) is 0. The Balaban J connectivity index is 2.45. The van der Waals surface area contributed by atoms with Crippen LogP contribution < -0.4 is 5.32 Å². The molecule has 104 valence electrons. The summed E-state index contributed by atoms with van der Waals surface area (Å²) in [5.41, 5.74) is 0.370. The van der Waals surface area contributed by atoms with Crippen molar-refractivity contribution >= 4 is 28.1 Å². The Bertz CT molecular complexity index is 695. The molecule has 0 radical (unpaired) electrons. The first kappa shape index (κ1) is 13.8. The minimum Gasteiger partial charge on any atom is -0.507 e. The predicted octanol–water partition coefficient (Wildman–Crippen LogP) is 3.05. The summed E-state index contributed by atoms with van der Waals surface area (Å²) in [6.45, 7) is 3.55. The summed E-state index contributed by atoms with van der Waals surface area (Å²) in [5, 5.41) is 24.3. The van der Waals surface area contributed by atoms with E-state index in [1.54, 1.807) is 32.0 Å². The van der Waals surface area contributed by atoms with Crippen LogP contribution in [0.25, 0.3) is 10.8 Å². The van der Waals surface area contributed by atoms with Crippen LogP contribution in [0.15, 0.2) is 30.3 Å². The number of hydrogen-bond donors (Lipinski definition) is 2. The van der Waals surface area contributed by atoms with Crippen LogP contribution in [0.3, 0.4) is 0 Å². The second-order valence-corrected chi connectivity index (χ2v) is 4.80. The van der Waals surface area contributed by atoms with Gasteiger partial charge in [-0.15, -0.1) is 0 Å². The van der Waals surface area contributed by atoms with Gasteiger partial charge in [-0.2, -0.15) is 0 Å². The Morgan fingerprint density at radius 3 is 2.60 bits per heavy atom. The summed E-state index contributed by atoms with van der Waals surface area (Å²) in [7, 11) is 0. The number of nitro benzene ring substituents is 1. The number of carbonyl (C=O) groups excluding carboxylic acids is 1. The first-order valence-electron chi connectivity index (χ1n) is 6.10. The van der Waals surface area contributed by atoms with Gasteiger partial charge in [-0.1, -0.05) is 19.9 Å². The van der Waals surface area contributed by atoms with Gasteiger partial charge in [-0.3, -0.25) is 14.9 Å². The number of hydrogen-bond acceptors (Lipinski definition) is 4. The molecule has 1 amide bonds. The smallest absolute Gasteiger partial charge is 0.273 e. The van der Waals surface area contributed by atoms with Crippen LogP contribution in [0.4, 0.5) is 11.4 Å². The molecule has 0 aliphatic heterocycles. The summed E-state index contributed by atoms with van der Waals surface area (Å²) in [6, 6.07) is 7.33. The maximum absolute atomic E-state index is 11.6. The van der Waals surface area contributed by atoms with E-state index in [1.165, 1.54) is 6.07 Å². The van der Waals surface area contributed by atoms with Crippen molar-refractivity contribution in [3.8, 4) is 5.75 Å². The number of phenols is 1. The molecule has 6 nitrogen and oxygen atoms in total. The maximum atomic E-state index is 11.6. The van der Waals surface area contributed by atoms with E-state index in [1.807, 2.05) is 0 Å². The Kier molecular flexibility index (Phi) is 3.56. The monoisotopic (exact) mass is 274 g/mol. The highest BCUT2D eigenvalue weighted by molar-refractivity contribution is 5.97. The Morgan fingerprint density at radius 1 is 1.30 bits per heavy atom. The zero-order chi connectivity index (χ0) is 14.9. The molecule has 0 spiro atoms. The lowest BCUT2D eigenvalue weighted by Crippen LogP contribution is -2.17. The van der Waals surface area contributed by atoms with E-state index < -0.39 is 4.92 Å². The van der Waals surface area contributed by atoms with Crippen LogP contribution in [-0.2, 0) is 4.79 Å². The first-order valence-corrected chi connectivity index (χ1v) is 6.10. The number of amides is 1. The molecular formula is C14H14N2O4. The third-order valence-electron chi connectivity index (χ3n) is 2.92. The Hall–Kier alpha value is -2.63. The van der Waals surface area contributed by atoms with Gasteiger partial charge in [0, 0.05) is 23.1 Å². The second-order valence-electron chi connectivity index (χ2n) is 4.80. The molecule has 2 N–H and O–H groups in total. The number of carbonyl (C=O) groups is 1. The number of rotatable bonds is 3. The number of phenolic OH excluding ortho intramolecular Hbond substituents is 1. The molecular weight excluding hydrogens is 260 g/mol. The third kappa shape index (κ3) is 2.69. The van der Waals surface area contributed by atoms with Crippen molar-refractivity contribution < 1.29 is 14.8 Å². The summed E-state index contributed by atoms with van der Waals surface area (Å²) >= 11 is 0. The quantitative estimate of drug-likeness (QED) is 0.664. The number of nitrogens with zero attached hydrogens (tertiary/aromatic N) is 1. The molecule has 20 heavy (non-hydrogen) atoms. The van der Waals surface area contributed by atoms with E-state index >= 15 is 0 Å². The number of fused-ring (bicyclic) bond motifs is 1. The molecule has 0 saturated carbocycles. The van der Waals surface area contributed by atoms with Crippen LogP contribution in [-0.4, -0.2) is 15.9 Å². The molecule has 6 heteroatoms. The van der Waals surface area contributed by atoms with Gasteiger partial charge in [-0.25, -0.2) is 0 Å². The van der Waals surface area contributed by atoms with Crippen LogP contribution in [0.1, 0.15) is 13.8 Å². The lowest BCUT2D eigenvalue weighted by molar-refractivity contribution is -0.384. The van der Waals surface area contributed by atoms with Crippen molar-refractivity contribution in [1.29, 1.82) is 0 Å². The topological polar surface area (TPSA) is 92.5 Å². The lowest BCUT2D eigenvalue weighted by Gasteiger charge is -2.09. The fourth-order valence-electron chi connectivity index (χ4n) is 1.79. The standard InChI is InChI=1S/C14H14N2O4/c1-8(2)14(18)15-10-4-3-9-5-11(16(19)20)7-13(17)12(9)6-10/h3-8,17H,1-2H3,(H,15,18). The fraction of sp³-hybridized carbons (Fsp3) is 0.214. The zero-order valence-corrected chi connectivity index (χ0v) is 11.1. The Labute approximate surface area is 115 Å². The van der Waals surface area contributed by atoms with E-state index in [2.05, 4.69) is 5.32 Å². The van der Waals surface area contributed by atoms with Crippen molar-refractivity contribution in [2.24, 2.45) is 5.92 Å². The van der Waals surface area contributed by atoms with Gasteiger partial charge < -0.3 is 10.4 Å². The van der Waals surface area contributed by atoms with E-state index in [4.69, 9.17) is 0 Å². The Morgan fingerprint density at radius 2 is 2.00 bits per heavy atom. The molecule has 0 bridgehead atoms. The summed E-state index contributed by atoms with van der Waals surface area (Å²) < 4.78 is 0. The molecule has 0 aliphatic carbocycles. The highest BCUT2D eigenvalue weighted by Crippen LogP contribution is 2.32. The van der Waals surface area contributed by atoms with E-state index in [-0.39, 0.29) is 23.3 Å². The SMILES string of the molecule is CC(C)C(=O)Nc1ccc2cc([N+](=O)[O-])cc(O)c2c1. The van der Waals surface area contributed by atoms with Crippen LogP contribution in [0.2, 0.25) is 0 Å². The van der Waals surface area contributed by atoms with Crippen molar-refractivity contribution in [3.05, 3.63) is 40.4 Å². The zero-order valence-electron chi connectivity index (χ0n) is 11.1. The number of nitro groups is 1. The number of benzene rings is 2. The third-order valence-corrected chi connectivity index (χ3v) is 2.92. The maximum Gasteiger partial charge on any atom is 0.273 e. The van der Waals surface area contributed by atoms with Gasteiger partial charge in [-0.05, 0) is 17.5 Å². The normalized spacial score (nSPS) is 10.8. The largest absolute Gasteiger partial charge is 0.507 e. The van der Waals surface area contributed by atoms with Crippen molar-refractivity contribution in [2.45, 2.75) is 13.8 Å². The van der Waals surface area contributed by atoms with Crippen molar-refractivity contribution in [3.63, 3.8) is 0 Å². The van der Waals surface area contributed by atoms with Gasteiger partial charge in [0.2, 0.25) is 5.91 Å². The molecule has 0 saturated heterocycles. The van der Waals surface area contributed by atoms with E-state index in [0.29, 0.717) is 16.5 Å². The summed E-state index contributed by atoms with van der Waals surface area (Å²) in [5.74, 6) is -0.475. The number of nitrogens with one attached hydrogen (secondary N) is 1. The second kappa shape index (κ2) is 5.16. The molecule has 0 atom stereocenters. The summed E-state index contributed by atoms with van der Waals surface area (Å²) in [4.78, 5) is 21.8. The molecule has 0 fully saturated rings. The molecule has 0 aromatic heterocycles. The van der Waals surface area contributed by atoms with Crippen LogP contribution >= 0.6 is 0 Å². The van der Waals surface area contributed by atoms with Gasteiger partial charge in [0.1, 0.15) is 5.75 Å². The number of anilines is 1. The van der Waals surface area contributed by atoms with Gasteiger partial charge in [0.05, 0.1) is 11.0 Å². The average Bonchev–Trinajstić information content (AvgIpc) is 2.38. The van der Waals surface area contributed by atoms with Gasteiger partial charge in [0.25, 0.3) is 5.69 Å². The highest BCUT2D eigenvalue weighted by atomic mass is 16.6. The molecule has 2 aromatic rings. The molecule has 2 aromatic carbocycles. The minimum absolute atomic E-state index is 0.134. The molecule has 2 rings (SSSR count). The van der Waals surface area contributed by atoms with Crippen LogP contribution in [0, 0.1) is 16.0 Å². The molecule has 0 aliphatic rings. The minimum atomic E-state index is -0.562. The highest BCUT2D eigenvalue weighted by Gasteiger charge is 2.12. The fourth-order valence-corrected chi connectivity index (χ4v) is 1.79. The van der Waals surface area contributed by atoms with Crippen LogP contribution in [0.5, 0.6) is 5.75 Å².